The van der Waals surface area contributed by atoms with Crippen molar-refractivity contribution in [2.75, 3.05) is 0 Å². The molecule has 1 aromatic carbocycles. The first-order valence-electron chi connectivity index (χ1n) is 7.72. The van der Waals surface area contributed by atoms with Gasteiger partial charge in [0.05, 0.1) is 11.0 Å². The van der Waals surface area contributed by atoms with E-state index in [2.05, 4.69) is 54.0 Å². The molecule has 0 bridgehead atoms. The van der Waals surface area contributed by atoms with Crippen molar-refractivity contribution in [1.82, 2.24) is 24.5 Å². The van der Waals surface area contributed by atoms with E-state index in [1.54, 1.807) is 4.68 Å². The average molecular weight is 305 g/mol. The summed E-state index contributed by atoms with van der Waals surface area (Å²) in [6.45, 7) is 8.43. The van der Waals surface area contributed by atoms with Crippen molar-refractivity contribution in [2.45, 2.75) is 27.7 Å². The molecule has 0 aliphatic rings. The lowest BCUT2D eigenvalue weighted by Crippen LogP contribution is -2.01. The maximum Gasteiger partial charge on any atom is 0.167 e. The van der Waals surface area contributed by atoms with Gasteiger partial charge in [-0.2, -0.15) is 0 Å². The minimum absolute atomic E-state index is 0.829. The smallest absolute Gasteiger partial charge is 0.167 e. The van der Waals surface area contributed by atoms with Crippen LogP contribution in [0.25, 0.3) is 27.8 Å². The molecule has 0 aliphatic heterocycles. The molecular weight excluding hydrogens is 286 g/mol. The topological polar surface area (TPSA) is 48.5 Å². The average Bonchev–Trinajstić information content (AvgIpc) is 3.00. The van der Waals surface area contributed by atoms with E-state index in [0.717, 1.165) is 22.5 Å². The van der Waals surface area contributed by atoms with Crippen molar-refractivity contribution in [2.24, 2.45) is 7.05 Å². The molecule has 0 N–H and O–H groups in total. The minimum Gasteiger partial charge on any atom is -0.299 e. The number of benzene rings is 1. The summed E-state index contributed by atoms with van der Waals surface area (Å²) < 4.78 is 3.95. The highest BCUT2D eigenvalue weighted by Gasteiger charge is 2.16. The molecule has 4 rings (SSSR count). The van der Waals surface area contributed by atoms with Crippen LogP contribution in [0.3, 0.4) is 0 Å². The molecule has 23 heavy (non-hydrogen) atoms. The molecule has 0 fully saturated rings. The van der Waals surface area contributed by atoms with Gasteiger partial charge in [0.1, 0.15) is 0 Å². The number of aryl methyl sites for hydroxylation is 5. The van der Waals surface area contributed by atoms with Crippen molar-refractivity contribution in [3.63, 3.8) is 0 Å². The second-order valence-electron chi connectivity index (χ2n) is 6.33. The lowest BCUT2D eigenvalue weighted by atomic mass is 10.1. The third-order valence-electron chi connectivity index (χ3n) is 4.37. The molecule has 0 saturated heterocycles. The quantitative estimate of drug-likeness (QED) is 0.540. The van der Waals surface area contributed by atoms with Gasteiger partial charge >= 0.3 is 0 Å². The van der Waals surface area contributed by atoms with Crippen molar-refractivity contribution in [1.29, 1.82) is 0 Å². The van der Waals surface area contributed by atoms with Crippen LogP contribution in [0.5, 0.6) is 0 Å². The predicted molar refractivity (Wildman–Crippen MR) is 92.1 cm³/mol. The molecular formula is C18H19N5. The largest absolute Gasteiger partial charge is 0.299 e. The molecule has 0 saturated carbocycles. The van der Waals surface area contributed by atoms with Crippen LogP contribution >= 0.6 is 0 Å². The maximum absolute atomic E-state index is 4.76. The molecule has 0 aliphatic carbocycles. The first kappa shape index (κ1) is 13.9. The molecule has 0 radical (unpaired) electrons. The summed E-state index contributed by atoms with van der Waals surface area (Å²) >= 11 is 0. The zero-order valence-electron chi connectivity index (χ0n) is 14.0. The van der Waals surface area contributed by atoms with E-state index in [-0.39, 0.29) is 0 Å². The summed E-state index contributed by atoms with van der Waals surface area (Å²) in [5, 5.41) is 9.75. The van der Waals surface area contributed by atoms with Crippen molar-refractivity contribution < 1.29 is 0 Å². The molecule has 0 amide bonds. The first-order chi connectivity index (χ1) is 11.0. The van der Waals surface area contributed by atoms with Crippen LogP contribution in [0.15, 0.2) is 24.4 Å². The Morgan fingerprint density at radius 2 is 1.74 bits per heavy atom. The molecule has 5 heteroatoms. The molecule has 3 aromatic heterocycles. The second kappa shape index (κ2) is 4.65. The summed E-state index contributed by atoms with van der Waals surface area (Å²) in [5.41, 5.74) is 7.74. The first-order valence-corrected chi connectivity index (χ1v) is 7.72. The standard InChI is InChI=1S/C18H19N5/c1-10-6-11(2)17-14(7-10)12(3)9-23(17)18-16-15(8-13(4)19-18)22(5)21-20-16/h6-9H,1-5H3. The maximum atomic E-state index is 4.76. The van der Waals surface area contributed by atoms with Gasteiger partial charge < -0.3 is 0 Å². The van der Waals surface area contributed by atoms with Gasteiger partial charge in [0.2, 0.25) is 0 Å². The summed E-state index contributed by atoms with van der Waals surface area (Å²) in [5.74, 6) is 0.846. The molecule has 0 spiro atoms. The number of fused-ring (bicyclic) bond motifs is 2. The fraction of sp³-hybridized carbons (Fsp3) is 0.278. The lowest BCUT2D eigenvalue weighted by Gasteiger charge is -2.09. The van der Waals surface area contributed by atoms with Crippen LogP contribution in [0.4, 0.5) is 0 Å². The lowest BCUT2D eigenvalue weighted by molar-refractivity contribution is 0.736. The highest BCUT2D eigenvalue weighted by Crippen LogP contribution is 2.30. The molecule has 4 aromatic rings. The summed E-state index contributed by atoms with van der Waals surface area (Å²) in [4.78, 5) is 4.76. The van der Waals surface area contributed by atoms with Gasteiger partial charge in [-0.25, -0.2) is 9.67 Å². The van der Waals surface area contributed by atoms with Gasteiger partial charge in [-0.15, -0.1) is 5.10 Å². The summed E-state index contributed by atoms with van der Waals surface area (Å²) in [7, 11) is 1.91. The second-order valence-corrected chi connectivity index (χ2v) is 6.33. The Kier molecular flexibility index (Phi) is 2.82. The van der Waals surface area contributed by atoms with Gasteiger partial charge in [-0.1, -0.05) is 16.8 Å². The highest BCUT2D eigenvalue weighted by atomic mass is 15.4. The van der Waals surface area contributed by atoms with E-state index in [4.69, 9.17) is 4.98 Å². The Labute approximate surface area is 134 Å². The molecule has 5 nitrogen and oxygen atoms in total. The van der Waals surface area contributed by atoms with E-state index >= 15 is 0 Å². The normalized spacial score (nSPS) is 11.7. The van der Waals surface area contributed by atoms with E-state index in [0.29, 0.717) is 0 Å². The number of nitrogens with zero attached hydrogens (tertiary/aromatic N) is 5. The number of pyridine rings is 1. The van der Waals surface area contributed by atoms with Crippen LogP contribution in [-0.4, -0.2) is 24.5 Å². The SMILES string of the molecule is Cc1cc(C)c2c(c1)c(C)cn2-c1nc(C)cc2c1nnn2C. The van der Waals surface area contributed by atoms with E-state index in [1.165, 1.54) is 27.6 Å². The number of aromatic nitrogens is 5. The van der Waals surface area contributed by atoms with Gasteiger partial charge in [0.25, 0.3) is 0 Å². The Bertz CT molecular complexity index is 1070. The number of rotatable bonds is 1. The van der Waals surface area contributed by atoms with Gasteiger partial charge in [0.15, 0.2) is 11.3 Å². The third-order valence-corrected chi connectivity index (χ3v) is 4.37. The van der Waals surface area contributed by atoms with Crippen LogP contribution in [-0.2, 0) is 7.05 Å². The van der Waals surface area contributed by atoms with Gasteiger partial charge in [0, 0.05) is 24.3 Å². The zero-order chi connectivity index (χ0) is 16.3. The Morgan fingerprint density at radius 1 is 0.957 bits per heavy atom. The third kappa shape index (κ3) is 1.96. The van der Waals surface area contributed by atoms with Crippen LogP contribution in [0, 0.1) is 27.7 Å². The fourth-order valence-electron chi connectivity index (χ4n) is 3.38. The Morgan fingerprint density at radius 3 is 2.52 bits per heavy atom. The Hall–Kier alpha value is -2.69. The van der Waals surface area contributed by atoms with E-state index in [9.17, 15) is 0 Å². The predicted octanol–water partition coefficient (Wildman–Crippen LogP) is 3.54. The van der Waals surface area contributed by atoms with Crippen molar-refractivity contribution in [3.8, 4) is 5.82 Å². The van der Waals surface area contributed by atoms with Crippen LogP contribution < -0.4 is 0 Å². The Balaban J connectivity index is 2.15. The number of hydrogen-bond donors (Lipinski definition) is 0. The van der Waals surface area contributed by atoms with Crippen molar-refractivity contribution in [3.05, 3.63) is 46.8 Å². The highest BCUT2D eigenvalue weighted by molar-refractivity contribution is 5.91. The summed E-state index contributed by atoms with van der Waals surface area (Å²) in [6.07, 6.45) is 2.15. The van der Waals surface area contributed by atoms with Crippen molar-refractivity contribution >= 4 is 21.9 Å². The monoisotopic (exact) mass is 305 g/mol. The minimum atomic E-state index is 0.829. The molecule has 3 heterocycles. The van der Waals surface area contributed by atoms with Gasteiger partial charge in [-0.3, -0.25) is 4.57 Å². The van der Waals surface area contributed by atoms with E-state index in [1.807, 2.05) is 20.0 Å². The summed E-state index contributed by atoms with van der Waals surface area (Å²) in [6, 6.07) is 6.47. The molecule has 0 atom stereocenters. The van der Waals surface area contributed by atoms with E-state index < -0.39 is 0 Å². The molecule has 116 valence electrons. The van der Waals surface area contributed by atoms with Gasteiger partial charge in [-0.05, 0) is 51.0 Å². The zero-order valence-corrected chi connectivity index (χ0v) is 14.0. The van der Waals surface area contributed by atoms with Crippen LogP contribution in [0.2, 0.25) is 0 Å². The number of hydrogen-bond acceptors (Lipinski definition) is 3. The molecule has 0 unspecified atom stereocenters. The van der Waals surface area contributed by atoms with Crippen LogP contribution in [0.1, 0.15) is 22.4 Å². The fourth-order valence-corrected chi connectivity index (χ4v) is 3.38.